The predicted octanol–water partition coefficient (Wildman–Crippen LogP) is 5.05. The fraction of sp³-hybridized carbons (Fsp3) is 0.333. The molecule has 1 aliphatic carbocycles. The van der Waals surface area contributed by atoms with E-state index >= 15 is 0 Å². The SMILES string of the molecule is COc1ccc2c(C(=O)N3CCCCC3)cn(-c3cc(F)cc4c3ccn4C3CC3)c(=O)c2c1. The summed E-state index contributed by atoms with van der Waals surface area (Å²) in [6.45, 7) is 1.40. The molecule has 0 radical (unpaired) electrons. The molecule has 7 heteroatoms. The summed E-state index contributed by atoms with van der Waals surface area (Å²) in [6.07, 6.45) is 8.74. The fourth-order valence-electron chi connectivity index (χ4n) is 5.15. The fourth-order valence-corrected chi connectivity index (χ4v) is 5.15. The summed E-state index contributed by atoms with van der Waals surface area (Å²) in [7, 11) is 1.54. The number of fused-ring (bicyclic) bond motifs is 2. The molecule has 2 aromatic carbocycles. The lowest BCUT2D eigenvalue weighted by atomic mass is 10.0. The van der Waals surface area contributed by atoms with E-state index in [1.807, 2.05) is 17.2 Å². The average Bonchev–Trinajstić information content (AvgIpc) is 3.63. The van der Waals surface area contributed by atoms with Gasteiger partial charge in [0, 0.05) is 42.3 Å². The summed E-state index contributed by atoms with van der Waals surface area (Å²) in [5.74, 6) is 0.0134. The van der Waals surface area contributed by atoms with Crippen molar-refractivity contribution < 1.29 is 13.9 Å². The zero-order valence-corrected chi connectivity index (χ0v) is 19.1. The highest BCUT2D eigenvalue weighted by atomic mass is 19.1. The van der Waals surface area contributed by atoms with E-state index in [4.69, 9.17) is 4.74 Å². The molecule has 0 bridgehead atoms. The molecule has 1 saturated heterocycles. The zero-order valence-electron chi connectivity index (χ0n) is 19.1. The number of amides is 1. The van der Waals surface area contributed by atoms with E-state index in [1.165, 1.54) is 16.7 Å². The van der Waals surface area contributed by atoms with Crippen LogP contribution in [0.15, 0.2) is 53.6 Å². The number of aromatic nitrogens is 2. The number of hydrogen-bond acceptors (Lipinski definition) is 3. The molecule has 2 fully saturated rings. The molecular formula is C27H26FN3O3. The summed E-state index contributed by atoms with van der Waals surface area (Å²) in [5.41, 5.74) is 1.34. The average molecular weight is 460 g/mol. The molecule has 174 valence electrons. The third-order valence-electron chi connectivity index (χ3n) is 7.08. The number of carbonyl (C=O) groups excluding carboxylic acids is 1. The van der Waals surface area contributed by atoms with Gasteiger partial charge in [-0.25, -0.2) is 4.39 Å². The minimum Gasteiger partial charge on any atom is -0.497 e. The number of hydrogen-bond donors (Lipinski definition) is 0. The van der Waals surface area contributed by atoms with Gasteiger partial charge in [0.2, 0.25) is 0 Å². The first kappa shape index (κ1) is 21.0. The maximum atomic E-state index is 14.8. The number of benzene rings is 2. The lowest BCUT2D eigenvalue weighted by Gasteiger charge is -2.27. The van der Waals surface area contributed by atoms with Crippen LogP contribution < -0.4 is 10.3 Å². The molecule has 1 aliphatic heterocycles. The second-order valence-electron chi connectivity index (χ2n) is 9.29. The predicted molar refractivity (Wildman–Crippen MR) is 130 cm³/mol. The number of ether oxygens (including phenoxy) is 1. The molecule has 34 heavy (non-hydrogen) atoms. The van der Waals surface area contributed by atoms with Crippen LogP contribution in [0, 0.1) is 5.82 Å². The second-order valence-corrected chi connectivity index (χ2v) is 9.29. The largest absolute Gasteiger partial charge is 0.497 e. The number of piperidine rings is 1. The molecule has 2 aromatic heterocycles. The van der Waals surface area contributed by atoms with Gasteiger partial charge in [0.05, 0.1) is 29.3 Å². The minimum absolute atomic E-state index is 0.105. The summed E-state index contributed by atoms with van der Waals surface area (Å²) >= 11 is 0. The van der Waals surface area contributed by atoms with Gasteiger partial charge in [-0.3, -0.25) is 14.2 Å². The molecule has 0 atom stereocenters. The lowest BCUT2D eigenvalue weighted by Crippen LogP contribution is -2.36. The van der Waals surface area contributed by atoms with Gasteiger partial charge >= 0.3 is 0 Å². The summed E-state index contributed by atoms with van der Waals surface area (Å²) in [5, 5.41) is 1.75. The Morgan fingerprint density at radius 3 is 2.53 bits per heavy atom. The van der Waals surface area contributed by atoms with Crippen LogP contribution in [0.25, 0.3) is 27.4 Å². The Bertz CT molecular complexity index is 1490. The Morgan fingerprint density at radius 1 is 1.00 bits per heavy atom. The lowest BCUT2D eigenvalue weighted by molar-refractivity contribution is 0.0725. The van der Waals surface area contributed by atoms with Crippen molar-refractivity contribution in [2.75, 3.05) is 20.2 Å². The van der Waals surface area contributed by atoms with E-state index in [2.05, 4.69) is 4.57 Å². The van der Waals surface area contributed by atoms with Crippen molar-refractivity contribution in [2.45, 2.75) is 38.1 Å². The molecule has 1 saturated carbocycles. The van der Waals surface area contributed by atoms with Crippen LogP contribution in [0.3, 0.4) is 0 Å². The number of carbonyl (C=O) groups is 1. The number of methoxy groups -OCH3 is 1. The van der Waals surface area contributed by atoms with Crippen molar-refractivity contribution in [3.05, 3.63) is 70.5 Å². The van der Waals surface area contributed by atoms with Crippen LogP contribution in [0.4, 0.5) is 4.39 Å². The number of rotatable bonds is 4. The number of halogens is 1. The van der Waals surface area contributed by atoms with Crippen LogP contribution in [0.2, 0.25) is 0 Å². The Labute approximate surface area is 196 Å². The van der Waals surface area contributed by atoms with Gasteiger partial charge in [0.1, 0.15) is 11.6 Å². The monoisotopic (exact) mass is 459 g/mol. The van der Waals surface area contributed by atoms with Crippen molar-refractivity contribution in [3.8, 4) is 11.4 Å². The van der Waals surface area contributed by atoms with Crippen LogP contribution in [0.5, 0.6) is 5.75 Å². The maximum absolute atomic E-state index is 14.8. The van der Waals surface area contributed by atoms with E-state index in [0.717, 1.165) is 43.0 Å². The van der Waals surface area contributed by atoms with Crippen molar-refractivity contribution in [1.82, 2.24) is 14.0 Å². The minimum atomic E-state index is -0.412. The van der Waals surface area contributed by atoms with Crippen LogP contribution >= 0.6 is 0 Å². The van der Waals surface area contributed by atoms with Gasteiger partial charge < -0.3 is 14.2 Å². The smallest absolute Gasteiger partial charge is 0.263 e. The third kappa shape index (κ3) is 3.38. The molecular weight excluding hydrogens is 433 g/mol. The van der Waals surface area contributed by atoms with Crippen LogP contribution in [-0.4, -0.2) is 40.1 Å². The van der Waals surface area contributed by atoms with Crippen molar-refractivity contribution in [2.24, 2.45) is 0 Å². The molecule has 0 spiro atoms. The standard InChI is InChI=1S/C27H26FN3O3/c1-34-19-7-8-20-22(15-19)27(33)31(16-23(20)26(32)29-10-3-2-4-11-29)25-14-17(28)13-24-21(25)9-12-30(24)18-5-6-18/h7-9,12-16,18H,2-6,10-11H2,1H3. The zero-order chi connectivity index (χ0) is 23.4. The highest BCUT2D eigenvalue weighted by Gasteiger charge is 2.27. The van der Waals surface area contributed by atoms with Crippen molar-refractivity contribution in [1.29, 1.82) is 0 Å². The van der Waals surface area contributed by atoms with Gasteiger partial charge in [0.25, 0.3) is 11.5 Å². The van der Waals surface area contributed by atoms with E-state index in [0.29, 0.717) is 46.9 Å². The Balaban J connectivity index is 1.62. The molecule has 4 aromatic rings. The van der Waals surface area contributed by atoms with E-state index < -0.39 is 5.82 Å². The van der Waals surface area contributed by atoms with E-state index in [-0.39, 0.29) is 11.5 Å². The number of likely N-dealkylation sites (tertiary alicyclic amines) is 1. The summed E-state index contributed by atoms with van der Waals surface area (Å²) < 4.78 is 23.7. The first-order valence-corrected chi connectivity index (χ1v) is 11.9. The topological polar surface area (TPSA) is 56.5 Å². The molecule has 3 heterocycles. The van der Waals surface area contributed by atoms with Gasteiger partial charge in [-0.05, 0) is 68.5 Å². The van der Waals surface area contributed by atoms with Crippen LogP contribution in [-0.2, 0) is 0 Å². The highest BCUT2D eigenvalue weighted by Crippen LogP contribution is 2.39. The molecule has 6 rings (SSSR count). The van der Waals surface area contributed by atoms with Gasteiger partial charge in [-0.2, -0.15) is 0 Å². The van der Waals surface area contributed by atoms with Gasteiger partial charge in [0.15, 0.2) is 0 Å². The maximum Gasteiger partial charge on any atom is 0.263 e. The Morgan fingerprint density at radius 2 is 1.79 bits per heavy atom. The number of pyridine rings is 1. The van der Waals surface area contributed by atoms with Gasteiger partial charge in [-0.1, -0.05) is 0 Å². The molecule has 0 unspecified atom stereocenters. The number of nitrogens with zero attached hydrogens (tertiary/aromatic N) is 3. The van der Waals surface area contributed by atoms with Gasteiger partial charge in [-0.15, -0.1) is 0 Å². The Hall–Kier alpha value is -3.61. The molecule has 2 aliphatic rings. The first-order chi connectivity index (χ1) is 16.5. The van der Waals surface area contributed by atoms with Crippen molar-refractivity contribution >= 4 is 27.6 Å². The molecule has 1 amide bonds. The normalized spacial score (nSPS) is 16.4. The summed E-state index contributed by atoms with van der Waals surface area (Å²) in [6, 6.07) is 10.4. The van der Waals surface area contributed by atoms with Crippen LogP contribution in [0.1, 0.15) is 48.5 Å². The molecule has 6 nitrogen and oxygen atoms in total. The van der Waals surface area contributed by atoms with E-state index in [1.54, 1.807) is 31.5 Å². The quantitative estimate of drug-likeness (QED) is 0.429. The summed E-state index contributed by atoms with van der Waals surface area (Å²) in [4.78, 5) is 29.2. The molecule has 0 N–H and O–H groups in total. The van der Waals surface area contributed by atoms with Crippen molar-refractivity contribution in [3.63, 3.8) is 0 Å². The van der Waals surface area contributed by atoms with E-state index in [9.17, 15) is 14.0 Å². The highest BCUT2D eigenvalue weighted by molar-refractivity contribution is 6.07. The Kier molecular flexibility index (Phi) is 4.94. The second kappa shape index (κ2) is 8.01. The first-order valence-electron chi connectivity index (χ1n) is 11.9. The third-order valence-corrected chi connectivity index (χ3v) is 7.08.